The highest BCUT2D eigenvalue weighted by Gasteiger charge is 2.09. The molecule has 1 atom stereocenters. The maximum Gasteiger partial charge on any atom is 0.0967 e. The molecule has 2 aromatic heterocycles. The molecule has 0 amide bonds. The maximum atomic E-state index is 4.10. The topological polar surface area (TPSA) is 43.6 Å². The first kappa shape index (κ1) is 10.3. The lowest BCUT2D eigenvalue weighted by Gasteiger charge is -1.99. The van der Waals surface area contributed by atoms with Gasteiger partial charge in [-0.3, -0.25) is 4.98 Å². The lowest BCUT2D eigenvalue weighted by molar-refractivity contribution is 0.787. The number of rotatable bonds is 3. The second-order valence-electron chi connectivity index (χ2n) is 3.17. The highest BCUT2D eigenvalue weighted by molar-refractivity contribution is 9.09. The standard InChI is InChI=1S/C10H11BrN4/c1-2-9(11)10-7-15(14-13-10)8-4-3-5-12-6-8/h3-7,9H,2H2,1H3. The fourth-order valence-electron chi connectivity index (χ4n) is 1.24. The molecule has 78 valence electrons. The molecule has 0 aliphatic heterocycles. The van der Waals surface area contributed by atoms with E-state index in [0.29, 0.717) is 0 Å². The molecule has 0 saturated heterocycles. The molecule has 2 heterocycles. The van der Waals surface area contributed by atoms with E-state index in [0.717, 1.165) is 17.8 Å². The summed E-state index contributed by atoms with van der Waals surface area (Å²) in [6, 6.07) is 3.82. The SMILES string of the molecule is CCC(Br)c1cn(-c2cccnc2)nn1. The van der Waals surface area contributed by atoms with Crippen LogP contribution in [0.1, 0.15) is 23.9 Å². The Bertz CT molecular complexity index is 426. The number of nitrogens with zero attached hydrogens (tertiary/aromatic N) is 4. The van der Waals surface area contributed by atoms with Gasteiger partial charge < -0.3 is 0 Å². The van der Waals surface area contributed by atoms with Crippen LogP contribution in [0.25, 0.3) is 5.69 Å². The molecule has 0 radical (unpaired) electrons. The van der Waals surface area contributed by atoms with Crippen LogP contribution in [0.15, 0.2) is 30.7 Å². The number of aromatic nitrogens is 4. The summed E-state index contributed by atoms with van der Waals surface area (Å²) in [5, 5.41) is 8.15. The Labute approximate surface area is 96.5 Å². The molecule has 2 aromatic rings. The molecule has 5 heteroatoms. The summed E-state index contributed by atoms with van der Waals surface area (Å²) < 4.78 is 1.73. The van der Waals surface area contributed by atoms with Gasteiger partial charge in [0.1, 0.15) is 0 Å². The van der Waals surface area contributed by atoms with Crippen LogP contribution >= 0.6 is 15.9 Å². The van der Waals surface area contributed by atoms with E-state index in [-0.39, 0.29) is 4.83 Å². The summed E-state index contributed by atoms with van der Waals surface area (Å²) >= 11 is 3.54. The predicted octanol–water partition coefficient (Wildman–Crippen LogP) is 2.51. The van der Waals surface area contributed by atoms with Crippen LogP contribution in [0, 0.1) is 0 Å². The van der Waals surface area contributed by atoms with E-state index >= 15 is 0 Å². The maximum absolute atomic E-state index is 4.10. The van der Waals surface area contributed by atoms with Gasteiger partial charge in [-0.15, -0.1) is 5.10 Å². The Hall–Kier alpha value is -1.23. The summed E-state index contributed by atoms with van der Waals surface area (Å²) in [4.78, 5) is 4.30. The monoisotopic (exact) mass is 266 g/mol. The van der Waals surface area contributed by atoms with E-state index in [2.05, 4.69) is 38.1 Å². The van der Waals surface area contributed by atoms with E-state index in [4.69, 9.17) is 0 Å². The highest BCUT2D eigenvalue weighted by atomic mass is 79.9. The van der Waals surface area contributed by atoms with Gasteiger partial charge >= 0.3 is 0 Å². The number of hydrogen-bond acceptors (Lipinski definition) is 3. The Morgan fingerprint density at radius 1 is 1.53 bits per heavy atom. The quantitative estimate of drug-likeness (QED) is 0.802. The zero-order chi connectivity index (χ0) is 10.7. The normalized spacial score (nSPS) is 12.7. The number of hydrogen-bond donors (Lipinski definition) is 0. The minimum absolute atomic E-state index is 0.267. The minimum atomic E-state index is 0.267. The fourth-order valence-corrected chi connectivity index (χ4v) is 1.45. The molecular weight excluding hydrogens is 256 g/mol. The van der Waals surface area contributed by atoms with Crippen molar-refractivity contribution in [1.82, 2.24) is 20.0 Å². The second kappa shape index (κ2) is 4.53. The summed E-state index contributed by atoms with van der Waals surface area (Å²) in [6.07, 6.45) is 6.40. The first-order valence-electron chi connectivity index (χ1n) is 4.78. The van der Waals surface area contributed by atoms with Crippen LogP contribution in [-0.2, 0) is 0 Å². The molecule has 0 fully saturated rings. The Morgan fingerprint density at radius 3 is 3.07 bits per heavy atom. The van der Waals surface area contributed by atoms with Gasteiger partial charge in [-0.25, -0.2) is 4.68 Å². The molecule has 0 N–H and O–H groups in total. The van der Waals surface area contributed by atoms with Crippen LogP contribution in [0.2, 0.25) is 0 Å². The highest BCUT2D eigenvalue weighted by Crippen LogP contribution is 2.23. The molecule has 0 spiro atoms. The third-order valence-corrected chi connectivity index (χ3v) is 3.22. The minimum Gasteiger partial charge on any atom is -0.262 e. The summed E-state index contributed by atoms with van der Waals surface area (Å²) in [5.74, 6) is 0. The molecule has 0 aliphatic rings. The summed E-state index contributed by atoms with van der Waals surface area (Å²) in [6.45, 7) is 2.10. The molecule has 1 unspecified atom stereocenters. The van der Waals surface area contributed by atoms with Crippen molar-refractivity contribution in [2.45, 2.75) is 18.2 Å². The van der Waals surface area contributed by atoms with Crippen molar-refractivity contribution in [3.05, 3.63) is 36.4 Å². The number of pyridine rings is 1. The van der Waals surface area contributed by atoms with Crippen LogP contribution in [0.5, 0.6) is 0 Å². The second-order valence-corrected chi connectivity index (χ2v) is 4.28. The van der Waals surface area contributed by atoms with Crippen molar-refractivity contribution >= 4 is 15.9 Å². The molecule has 0 aliphatic carbocycles. The molecule has 0 saturated carbocycles. The van der Waals surface area contributed by atoms with E-state index in [9.17, 15) is 0 Å². The first-order chi connectivity index (χ1) is 7.31. The molecule has 4 nitrogen and oxygen atoms in total. The van der Waals surface area contributed by atoms with Gasteiger partial charge in [0.25, 0.3) is 0 Å². The lowest BCUT2D eigenvalue weighted by atomic mass is 10.3. The Kier molecular flexibility index (Phi) is 3.11. The van der Waals surface area contributed by atoms with Gasteiger partial charge in [0, 0.05) is 6.20 Å². The largest absolute Gasteiger partial charge is 0.262 e. The van der Waals surface area contributed by atoms with Crippen LogP contribution in [0.3, 0.4) is 0 Å². The smallest absolute Gasteiger partial charge is 0.0967 e. The van der Waals surface area contributed by atoms with E-state index < -0.39 is 0 Å². The fraction of sp³-hybridized carbons (Fsp3) is 0.300. The van der Waals surface area contributed by atoms with E-state index in [1.165, 1.54) is 0 Å². The van der Waals surface area contributed by atoms with Crippen molar-refractivity contribution in [1.29, 1.82) is 0 Å². The number of halogens is 1. The average Bonchev–Trinajstić information content (AvgIpc) is 2.78. The van der Waals surface area contributed by atoms with E-state index in [1.807, 2.05) is 18.3 Å². The van der Waals surface area contributed by atoms with Crippen molar-refractivity contribution in [3.63, 3.8) is 0 Å². The van der Waals surface area contributed by atoms with Crippen molar-refractivity contribution in [3.8, 4) is 5.69 Å². The van der Waals surface area contributed by atoms with Gasteiger partial charge in [-0.2, -0.15) is 0 Å². The lowest BCUT2D eigenvalue weighted by Crippen LogP contribution is -1.94. The van der Waals surface area contributed by atoms with Gasteiger partial charge in [-0.1, -0.05) is 28.1 Å². The first-order valence-corrected chi connectivity index (χ1v) is 5.69. The average molecular weight is 267 g/mol. The molecule has 15 heavy (non-hydrogen) atoms. The Morgan fingerprint density at radius 2 is 2.40 bits per heavy atom. The van der Waals surface area contributed by atoms with Gasteiger partial charge in [0.05, 0.1) is 28.6 Å². The molecule has 0 bridgehead atoms. The van der Waals surface area contributed by atoms with Crippen LogP contribution in [0.4, 0.5) is 0 Å². The predicted molar refractivity (Wildman–Crippen MR) is 61.1 cm³/mol. The summed E-state index contributed by atoms with van der Waals surface area (Å²) in [5.41, 5.74) is 1.87. The molecular formula is C10H11BrN4. The molecule has 0 aromatic carbocycles. The van der Waals surface area contributed by atoms with Gasteiger partial charge in [0.2, 0.25) is 0 Å². The molecule has 2 rings (SSSR count). The zero-order valence-corrected chi connectivity index (χ0v) is 9.92. The van der Waals surface area contributed by atoms with Gasteiger partial charge in [0.15, 0.2) is 0 Å². The Balaban J connectivity index is 2.28. The number of alkyl halides is 1. The van der Waals surface area contributed by atoms with Crippen molar-refractivity contribution in [2.75, 3.05) is 0 Å². The summed E-state index contributed by atoms with van der Waals surface area (Å²) in [7, 11) is 0. The van der Waals surface area contributed by atoms with Crippen molar-refractivity contribution in [2.24, 2.45) is 0 Å². The van der Waals surface area contributed by atoms with Crippen LogP contribution < -0.4 is 0 Å². The van der Waals surface area contributed by atoms with E-state index in [1.54, 1.807) is 17.1 Å². The van der Waals surface area contributed by atoms with Crippen LogP contribution in [-0.4, -0.2) is 20.0 Å². The third kappa shape index (κ3) is 2.23. The van der Waals surface area contributed by atoms with Crippen molar-refractivity contribution < 1.29 is 0 Å². The zero-order valence-electron chi connectivity index (χ0n) is 8.34. The third-order valence-electron chi connectivity index (χ3n) is 2.10. The van der Waals surface area contributed by atoms with Gasteiger partial charge in [-0.05, 0) is 18.6 Å².